The molecule has 2 heterocycles. The molecule has 0 bridgehead atoms. The van der Waals surface area contributed by atoms with Gasteiger partial charge in [0.1, 0.15) is 0 Å². The van der Waals surface area contributed by atoms with Gasteiger partial charge >= 0.3 is 0 Å². The van der Waals surface area contributed by atoms with Crippen LogP contribution in [0.5, 0.6) is 0 Å². The second kappa shape index (κ2) is 6.55. The number of hydrogen-bond donors (Lipinski definition) is 1. The number of nitrogens with one attached hydrogen (secondary N) is 1. The van der Waals surface area contributed by atoms with Gasteiger partial charge < -0.3 is 10.1 Å². The summed E-state index contributed by atoms with van der Waals surface area (Å²) < 4.78 is 5.53. The predicted octanol–water partition coefficient (Wildman–Crippen LogP) is 2.27. The van der Waals surface area contributed by atoms with Crippen molar-refractivity contribution in [2.45, 2.75) is 57.5 Å². The molecule has 3 heteroatoms. The molecule has 110 valence electrons. The number of nitrogens with zero attached hydrogens (tertiary/aromatic N) is 1. The monoisotopic (exact) mass is 266 g/mol. The van der Waals surface area contributed by atoms with Gasteiger partial charge in [-0.25, -0.2) is 0 Å². The molecule has 3 nitrogen and oxygen atoms in total. The van der Waals surface area contributed by atoms with E-state index in [1.807, 2.05) is 0 Å². The van der Waals surface area contributed by atoms with Crippen molar-refractivity contribution in [3.63, 3.8) is 0 Å². The van der Waals surface area contributed by atoms with Gasteiger partial charge in [-0.1, -0.05) is 19.3 Å². The minimum Gasteiger partial charge on any atom is -0.381 e. The fourth-order valence-electron chi connectivity index (χ4n) is 4.11. The fraction of sp³-hybridized carbons (Fsp3) is 1.00. The molecule has 1 N–H and O–H groups in total. The van der Waals surface area contributed by atoms with Gasteiger partial charge in [0.15, 0.2) is 0 Å². The molecular formula is C16H30N2O. The zero-order chi connectivity index (χ0) is 13.1. The minimum atomic E-state index is 0.695. The fourth-order valence-corrected chi connectivity index (χ4v) is 4.11. The van der Waals surface area contributed by atoms with E-state index < -0.39 is 0 Å². The van der Waals surface area contributed by atoms with Crippen LogP contribution < -0.4 is 5.32 Å². The van der Waals surface area contributed by atoms with E-state index in [2.05, 4.69) is 17.1 Å². The van der Waals surface area contributed by atoms with E-state index in [-0.39, 0.29) is 0 Å². The van der Waals surface area contributed by atoms with E-state index in [0.717, 1.165) is 31.1 Å². The summed E-state index contributed by atoms with van der Waals surface area (Å²) >= 11 is 0. The number of rotatable bonds is 3. The van der Waals surface area contributed by atoms with Crippen molar-refractivity contribution in [1.29, 1.82) is 0 Å². The Labute approximate surface area is 118 Å². The molecule has 3 unspecified atom stereocenters. The first-order valence-electron chi connectivity index (χ1n) is 8.38. The third kappa shape index (κ3) is 3.50. The van der Waals surface area contributed by atoms with Crippen LogP contribution in [-0.2, 0) is 4.74 Å². The summed E-state index contributed by atoms with van der Waals surface area (Å²) in [5.41, 5.74) is 0. The first-order chi connectivity index (χ1) is 9.33. The van der Waals surface area contributed by atoms with Crippen LogP contribution >= 0.6 is 0 Å². The highest BCUT2D eigenvalue weighted by atomic mass is 16.5. The molecule has 1 aliphatic carbocycles. The van der Waals surface area contributed by atoms with Crippen molar-refractivity contribution in [2.24, 2.45) is 11.8 Å². The number of hydrogen-bond acceptors (Lipinski definition) is 3. The van der Waals surface area contributed by atoms with Crippen LogP contribution in [0.1, 0.15) is 45.4 Å². The van der Waals surface area contributed by atoms with Gasteiger partial charge in [0.25, 0.3) is 0 Å². The van der Waals surface area contributed by atoms with Gasteiger partial charge in [0, 0.05) is 38.3 Å². The molecule has 0 aromatic carbocycles. The van der Waals surface area contributed by atoms with Gasteiger partial charge in [-0.05, 0) is 38.0 Å². The quantitative estimate of drug-likeness (QED) is 0.848. The summed E-state index contributed by atoms with van der Waals surface area (Å²) in [4.78, 5) is 2.73. The van der Waals surface area contributed by atoms with Gasteiger partial charge in [0.2, 0.25) is 0 Å². The van der Waals surface area contributed by atoms with Crippen LogP contribution in [0.15, 0.2) is 0 Å². The van der Waals surface area contributed by atoms with Gasteiger partial charge in [0.05, 0.1) is 6.61 Å². The highest BCUT2D eigenvalue weighted by Crippen LogP contribution is 2.29. The molecule has 3 rings (SSSR count). The zero-order valence-electron chi connectivity index (χ0n) is 12.4. The summed E-state index contributed by atoms with van der Waals surface area (Å²) in [6.45, 7) is 8.05. The van der Waals surface area contributed by atoms with Crippen LogP contribution in [0.4, 0.5) is 0 Å². The highest BCUT2D eigenvalue weighted by Gasteiger charge is 2.32. The summed E-state index contributed by atoms with van der Waals surface area (Å²) in [7, 11) is 0. The average molecular weight is 266 g/mol. The van der Waals surface area contributed by atoms with Crippen LogP contribution in [0, 0.1) is 11.8 Å². The van der Waals surface area contributed by atoms with Crippen molar-refractivity contribution in [3.05, 3.63) is 0 Å². The predicted molar refractivity (Wildman–Crippen MR) is 78.3 cm³/mol. The van der Waals surface area contributed by atoms with Crippen molar-refractivity contribution < 1.29 is 4.74 Å². The Morgan fingerprint density at radius 3 is 2.74 bits per heavy atom. The van der Waals surface area contributed by atoms with Crippen LogP contribution in [0.2, 0.25) is 0 Å². The summed E-state index contributed by atoms with van der Waals surface area (Å²) in [5, 5.41) is 3.82. The smallest absolute Gasteiger partial charge is 0.0507 e. The minimum absolute atomic E-state index is 0.695. The SMILES string of the molecule is CC1CNC(C2CCCCC2)CN1CC1CCOC1. The first-order valence-corrected chi connectivity index (χ1v) is 8.38. The summed E-state index contributed by atoms with van der Waals surface area (Å²) in [6.07, 6.45) is 8.54. The lowest BCUT2D eigenvalue weighted by Crippen LogP contribution is -2.58. The van der Waals surface area contributed by atoms with E-state index in [0.29, 0.717) is 6.04 Å². The molecule has 3 aliphatic rings. The molecule has 2 saturated heterocycles. The molecule has 0 aromatic rings. The number of piperazine rings is 1. The largest absolute Gasteiger partial charge is 0.381 e. The lowest BCUT2D eigenvalue weighted by atomic mass is 9.82. The molecule has 3 fully saturated rings. The van der Waals surface area contributed by atoms with Crippen molar-refractivity contribution in [1.82, 2.24) is 10.2 Å². The topological polar surface area (TPSA) is 24.5 Å². The molecule has 0 amide bonds. The molecule has 0 radical (unpaired) electrons. The highest BCUT2D eigenvalue weighted by molar-refractivity contribution is 4.90. The van der Waals surface area contributed by atoms with Crippen molar-refractivity contribution in [2.75, 3.05) is 32.8 Å². The molecule has 0 spiro atoms. The molecule has 0 aromatic heterocycles. The maximum Gasteiger partial charge on any atom is 0.0507 e. The molecule has 3 atom stereocenters. The van der Waals surface area contributed by atoms with Crippen molar-refractivity contribution >= 4 is 0 Å². The van der Waals surface area contributed by atoms with E-state index in [1.54, 1.807) is 0 Å². The Balaban J connectivity index is 1.53. The first kappa shape index (κ1) is 13.8. The lowest BCUT2D eigenvalue weighted by Gasteiger charge is -2.43. The van der Waals surface area contributed by atoms with Gasteiger partial charge in [-0.3, -0.25) is 4.90 Å². The van der Waals surface area contributed by atoms with E-state index in [1.165, 1.54) is 58.2 Å². The van der Waals surface area contributed by atoms with Crippen molar-refractivity contribution in [3.8, 4) is 0 Å². The lowest BCUT2D eigenvalue weighted by molar-refractivity contribution is 0.0846. The molecule has 1 saturated carbocycles. The Bertz CT molecular complexity index is 272. The summed E-state index contributed by atoms with van der Waals surface area (Å²) in [6, 6.07) is 1.44. The zero-order valence-corrected chi connectivity index (χ0v) is 12.4. The van der Waals surface area contributed by atoms with E-state index in [9.17, 15) is 0 Å². The third-order valence-corrected chi connectivity index (χ3v) is 5.47. The Hall–Kier alpha value is -0.120. The standard InChI is InChI=1S/C16H30N2O/c1-13-9-17-16(15-5-3-2-4-6-15)11-18(13)10-14-7-8-19-12-14/h13-17H,2-12H2,1H3. The second-order valence-corrected chi connectivity index (χ2v) is 6.95. The van der Waals surface area contributed by atoms with Crippen LogP contribution in [-0.4, -0.2) is 49.8 Å². The maximum atomic E-state index is 5.53. The van der Waals surface area contributed by atoms with E-state index in [4.69, 9.17) is 4.74 Å². The molecule has 2 aliphatic heterocycles. The van der Waals surface area contributed by atoms with Gasteiger partial charge in [-0.15, -0.1) is 0 Å². The van der Waals surface area contributed by atoms with Crippen LogP contribution in [0.3, 0.4) is 0 Å². The normalized spacial score (nSPS) is 38.7. The van der Waals surface area contributed by atoms with E-state index >= 15 is 0 Å². The van der Waals surface area contributed by atoms with Gasteiger partial charge in [-0.2, -0.15) is 0 Å². The Morgan fingerprint density at radius 1 is 1.16 bits per heavy atom. The number of ether oxygens (including phenoxy) is 1. The third-order valence-electron chi connectivity index (χ3n) is 5.47. The summed E-state index contributed by atoms with van der Waals surface area (Å²) in [5.74, 6) is 1.72. The Morgan fingerprint density at radius 2 is 2.00 bits per heavy atom. The average Bonchev–Trinajstić information content (AvgIpc) is 2.95. The molecular weight excluding hydrogens is 236 g/mol. The maximum absolute atomic E-state index is 5.53. The second-order valence-electron chi connectivity index (χ2n) is 6.95. The molecule has 19 heavy (non-hydrogen) atoms. The van der Waals surface area contributed by atoms with Crippen LogP contribution in [0.25, 0.3) is 0 Å². The Kier molecular flexibility index (Phi) is 4.78.